The molecule has 0 saturated heterocycles. The molecule has 0 heterocycles. The molecule has 0 bridgehead atoms. The van der Waals surface area contributed by atoms with Gasteiger partial charge in [-0.25, -0.2) is 0 Å². The summed E-state index contributed by atoms with van der Waals surface area (Å²) in [5.74, 6) is 1.47. The van der Waals surface area contributed by atoms with Gasteiger partial charge in [-0.2, -0.15) is 0 Å². The highest BCUT2D eigenvalue weighted by Gasteiger charge is 2.20. The third-order valence-electron chi connectivity index (χ3n) is 2.63. The summed E-state index contributed by atoms with van der Waals surface area (Å²) < 4.78 is 5.57. The van der Waals surface area contributed by atoms with Crippen LogP contribution in [0.2, 0.25) is 0 Å². The van der Waals surface area contributed by atoms with Gasteiger partial charge in [0, 0.05) is 26.7 Å². The monoisotopic (exact) mass is 244 g/mol. The second-order valence-corrected chi connectivity index (χ2v) is 5.41. The van der Waals surface area contributed by atoms with Gasteiger partial charge in [-0.1, -0.05) is 13.8 Å². The average Bonchev–Trinajstić information content (AvgIpc) is 3.04. The zero-order chi connectivity index (χ0) is 12.0. The minimum atomic E-state index is 0.623. The van der Waals surface area contributed by atoms with Crippen LogP contribution in [0.25, 0.3) is 0 Å². The van der Waals surface area contributed by atoms with E-state index in [2.05, 4.69) is 19.2 Å². The highest BCUT2D eigenvalue weighted by Crippen LogP contribution is 2.28. The maximum absolute atomic E-state index is 5.57. The van der Waals surface area contributed by atoms with Gasteiger partial charge in [-0.3, -0.25) is 0 Å². The molecule has 0 atom stereocenters. The van der Waals surface area contributed by atoms with Crippen LogP contribution >= 0.6 is 12.2 Å². The minimum absolute atomic E-state index is 0.623. The SMILES string of the molecule is CC(C)CNC(=S)N(C)CCOCC1CC1. The molecule has 1 rings (SSSR count). The number of hydrogen-bond acceptors (Lipinski definition) is 2. The van der Waals surface area contributed by atoms with Crippen LogP contribution in [0.3, 0.4) is 0 Å². The molecule has 0 aromatic rings. The maximum atomic E-state index is 5.57. The Morgan fingerprint density at radius 1 is 1.50 bits per heavy atom. The van der Waals surface area contributed by atoms with E-state index in [9.17, 15) is 0 Å². The fourth-order valence-electron chi connectivity index (χ4n) is 1.26. The maximum Gasteiger partial charge on any atom is 0.168 e. The van der Waals surface area contributed by atoms with Crippen molar-refractivity contribution in [1.29, 1.82) is 0 Å². The van der Waals surface area contributed by atoms with E-state index < -0.39 is 0 Å². The van der Waals surface area contributed by atoms with Gasteiger partial charge in [-0.15, -0.1) is 0 Å². The quantitative estimate of drug-likeness (QED) is 0.546. The van der Waals surface area contributed by atoms with Crippen LogP contribution in [0, 0.1) is 11.8 Å². The fraction of sp³-hybridized carbons (Fsp3) is 0.917. The minimum Gasteiger partial charge on any atom is -0.379 e. The van der Waals surface area contributed by atoms with Crippen LogP contribution in [0.15, 0.2) is 0 Å². The summed E-state index contributed by atoms with van der Waals surface area (Å²) in [6, 6.07) is 0. The molecule has 3 nitrogen and oxygen atoms in total. The second kappa shape index (κ2) is 7.07. The molecule has 16 heavy (non-hydrogen) atoms. The van der Waals surface area contributed by atoms with Crippen molar-refractivity contribution in [2.75, 3.05) is 33.4 Å². The molecule has 1 saturated carbocycles. The Morgan fingerprint density at radius 3 is 2.75 bits per heavy atom. The molecule has 0 amide bonds. The van der Waals surface area contributed by atoms with Crippen LogP contribution < -0.4 is 5.32 Å². The van der Waals surface area contributed by atoms with E-state index >= 15 is 0 Å². The summed E-state index contributed by atoms with van der Waals surface area (Å²) in [5, 5.41) is 4.07. The van der Waals surface area contributed by atoms with Gasteiger partial charge in [-0.05, 0) is 36.9 Å². The molecule has 1 fully saturated rings. The number of hydrogen-bond donors (Lipinski definition) is 1. The van der Waals surface area contributed by atoms with Crippen molar-refractivity contribution in [2.45, 2.75) is 26.7 Å². The highest BCUT2D eigenvalue weighted by molar-refractivity contribution is 7.80. The number of nitrogens with zero attached hydrogens (tertiary/aromatic N) is 1. The molecule has 0 aliphatic heterocycles. The first-order valence-corrected chi connectivity index (χ1v) is 6.57. The van der Waals surface area contributed by atoms with Gasteiger partial charge in [0.2, 0.25) is 0 Å². The van der Waals surface area contributed by atoms with Crippen molar-refractivity contribution in [2.24, 2.45) is 11.8 Å². The van der Waals surface area contributed by atoms with Gasteiger partial charge in [0.1, 0.15) is 0 Å². The number of rotatable bonds is 7. The smallest absolute Gasteiger partial charge is 0.168 e. The van der Waals surface area contributed by atoms with E-state index in [1.807, 2.05) is 11.9 Å². The van der Waals surface area contributed by atoms with Crippen molar-refractivity contribution < 1.29 is 4.74 Å². The van der Waals surface area contributed by atoms with Crippen LogP contribution in [-0.4, -0.2) is 43.4 Å². The largest absolute Gasteiger partial charge is 0.379 e. The van der Waals surface area contributed by atoms with E-state index in [0.29, 0.717) is 5.92 Å². The molecular weight excluding hydrogens is 220 g/mol. The Labute approximate surface area is 105 Å². The molecular formula is C12H24N2OS. The van der Waals surface area contributed by atoms with Crippen LogP contribution in [0.1, 0.15) is 26.7 Å². The molecule has 0 radical (unpaired) electrons. The Morgan fingerprint density at radius 2 is 2.19 bits per heavy atom. The first-order chi connectivity index (χ1) is 7.59. The van der Waals surface area contributed by atoms with Gasteiger partial charge in [0.05, 0.1) is 6.61 Å². The van der Waals surface area contributed by atoms with Crippen molar-refractivity contribution in [3.8, 4) is 0 Å². The number of likely N-dealkylation sites (N-methyl/N-ethyl adjacent to an activating group) is 1. The summed E-state index contributed by atoms with van der Waals surface area (Å²) in [7, 11) is 2.01. The van der Waals surface area contributed by atoms with Gasteiger partial charge in [0.15, 0.2) is 5.11 Å². The molecule has 94 valence electrons. The number of ether oxygens (including phenoxy) is 1. The van der Waals surface area contributed by atoms with Gasteiger partial charge < -0.3 is 15.0 Å². The first-order valence-electron chi connectivity index (χ1n) is 6.16. The van der Waals surface area contributed by atoms with Gasteiger partial charge in [0.25, 0.3) is 0 Å². The standard InChI is InChI=1S/C12H24N2OS/c1-10(2)8-13-12(16)14(3)6-7-15-9-11-4-5-11/h10-11H,4-9H2,1-3H3,(H,13,16). The lowest BCUT2D eigenvalue weighted by atomic mass is 10.2. The van der Waals surface area contributed by atoms with E-state index in [0.717, 1.165) is 37.3 Å². The molecule has 4 heteroatoms. The lowest BCUT2D eigenvalue weighted by molar-refractivity contribution is 0.115. The molecule has 0 unspecified atom stereocenters. The van der Waals surface area contributed by atoms with Crippen molar-refractivity contribution >= 4 is 17.3 Å². The van der Waals surface area contributed by atoms with Crippen LogP contribution in [0.4, 0.5) is 0 Å². The Bertz CT molecular complexity index is 217. The third-order valence-corrected chi connectivity index (χ3v) is 3.09. The lowest BCUT2D eigenvalue weighted by Crippen LogP contribution is -2.40. The second-order valence-electron chi connectivity index (χ2n) is 5.02. The van der Waals surface area contributed by atoms with Crippen LogP contribution in [0.5, 0.6) is 0 Å². The summed E-state index contributed by atoms with van der Waals surface area (Å²) in [5.41, 5.74) is 0. The Balaban J connectivity index is 1.98. The average molecular weight is 244 g/mol. The molecule has 0 aromatic carbocycles. The normalized spacial score (nSPS) is 15.2. The first kappa shape index (κ1) is 13.7. The Hall–Kier alpha value is -0.350. The molecule has 0 spiro atoms. The summed E-state index contributed by atoms with van der Waals surface area (Å²) in [4.78, 5) is 2.05. The predicted molar refractivity (Wildman–Crippen MR) is 71.6 cm³/mol. The predicted octanol–water partition coefficient (Wildman–Crippen LogP) is 1.88. The molecule has 0 aromatic heterocycles. The number of nitrogens with one attached hydrogen (secondary N) is 1. The van der Waals surface area contributed by atoms with E-state index in [4.69, 9.17) is 17.0 Å². The van der Waals surface area contributed by atoms with E-state index in [1.165, 1.54) is 12.8 Å². The van der Waals surface area contributed by atoms with Gasteiger partial charge >= 0.3 is 0 Å². The Kier molecular flexibility index (Phi) is 6.06. The van der Waals surface area contributed by atoms with E-state index in [1.54, 1.807) is 0 Å². The van der Waals surface area contributed by atoms with Crippen molar-refractivity contribution in [3.05, 3.63) is 0 Å². The van der Waals surface area contributed by atoms with Crippen molar-refractivity contribution in [3.63, 3.8) is 0 Å². The van der Waals surface area contributed by atoms with Crippen LogP contribution in [-0.2, 0) is 4.74 Å². The molecule has 1 N–H and O–H groups in total. The lowest BCUT2D eigenvalue weighted by Gasteiger charge is -2.21. The molecule has 1 aliphatic rings. The zero-order valence-corrected chi connectivity index (χ0v) is 11.5. The zero-order valence-electron chi connectivity index (χ0n) is 10.7. The summed E-state index contributed by atoms with van der Waals surface area (Å²) in [6.07, 6.45) is 2.70. The highest BCUT2D eigenvalue weighted by atomic mass is 32.1. The summed E-state index contributed by atoms with van der Waals surface area (Å²) in [6.45, 7) is 7.86. The summed E-state index contributed by atoms with van der Waals surface area (Å²) >= 11 is 5.27. The third kappa shape index (κ3) is 6.28. The topological polar surface area (TPSA) is 24.5 Å². The van der Waals surface area contributed by atoms with E-state index in [-0.39, 0.29) is 0 Å². The molecule has 1 aliphatic carbocycles. The fourth-order valence-corrected chi connectivity index (χ4v) is 1.44. The van der Waals surface area contributed by atoms with Crippen molar-refractivity contribution in [1.82, 2.24) is 10.2 Å². The number of thiocarbonyl (C=S) groups is 1.